The Balaban J connectivity index is 1.26. The number of aromatic nitrogens is 2. The second kappa shape index (κ2) is 12.7. The molecule has 1 saturated carbocycles. The van der Waals surface area contributed by atoms with E-state index in [4.69, 9.17) is 9.72 Å². The van der Waals surface area contributed by atoms with Crippen molar-refractivity contribution >= 4 is 29.7 Å². The van der Waals surface area contributed by atoms with E-state index in [0.717, 1.165) is 18.4 Å². The van der Waals surface area contributed by atoms with E-state index in [1.807, 2.05) is 49.1 Å². The molecule has 2 N–H and O–H groups in total. The fraction of sp³-hybridized carbons (Fsp3) is 0.533. The molecule has 1 aromatic carbocycles. The van der Waals surface area contributed by atoms with Crippen molar-refractivity contribution in [3.05, 3.63) is 42.1 Å². The fourth-order valence-corrected chi connectivity index (χ4v) is 5.80. The highest BCUT2D eigenvalue weighted by molar-refractivity contribution is 5.97. The van der Waals surface area contributed by atoms with Gasteiger partial charge >= 0.3 is 12.1 Å². The van der Waals surface area contributed by atoms with Crippen LogP contribution in [0.1, 0.15) is 43.6 Å². The first-order valence-corrected chi connectivity index (χ1v) is 14.7. The molecule has 2 aliphatic heterocycles. The summed E-state index contributed by atoms with van der Waals surface area (Å²) in [6, 6.07) is 10.2. The Bertz CT molecular complexity index is 1300. The lowest BCUT2D eigenvalue weighted by Crippen LogP contribution is -2.55. The molecule has 12 nitrogen and oxygen atoms in total. The lowest BCUT2D eigenvalue weighted by molar-refractivity contribution is -0.139. The van der Waals surface area contributed by atoms with Crippen LogP contribution in [0.3, 0.4) is 0 Å². The van der Waals surface area contributed by atoms with Crippen molar-refractivity contribution < 1.29 is 29.0 Å². The Kier molecular flexibility index (Phi) is 8.89. The Morgan fingerprint density at radius 2 is 1.67 bits per heavy atom. The average Bonchev–Trinajstić information content (AvgIpc) is 3.53. The van der Waals surface area contributed by atoms with Crippen molar-refractivity contribution in [1.29, 1.82) is 0 Å². The van der Waals surface area contributed by atoms with E-state index in [2.05, 4.69) is 10.3 Å². The molecule has 1 aliphatic carbocycles. The third kappa shape index (κ3) is 6.32. The molecule has 224 valence electrons. The Labute approximate surface area is 245 Å². The third-order valence-corrected chi connectivity index (χ3v) is 8.37. The maximum Gasteiger partial charge on any atom is 0.409 e. The molecule has 2 saturated heterocycles. The van der Waals surface area contributed by atoms with Crippen LogP contribution in [0.25, 0.3) is 11.4 Å². The number of amides is 3. The van der Waals surface area contributed by atoms with Crippen molar-refractivity contribution in [2.75, 3.05) is 50.8 Å². The first-order chi connectivity index (χ1) is 20.3. The molecule has 3 amide bonds. The summed E-state index contributed by atoms with van der Waals surface area (Å²) in [7, 11) is 0. The summed E-state index contributed by atoms with van der Waals surface area (Å²) in [5.74, 6) is -0.665. The molecule has 1 unspecified atom stereocenters. The van der Waals surface area contributed by atoms with Gasteiger partial charge in [0.05, 0.1) is 12.5 Å². The number of carboxylic acids is 1. The van der Waals surface area contributed by atoms with E-state index < -0.39 is 17.9 Å². The zero-order valence-corrected chi connectivity index (χ0v) is 24.1. The van der Waals surface area contributed by atoms with Gasteiger partial charge in [-0.2, -0.15) is 0 Å². The van der Waals surface area contributed by atoms with Crippen LogP contribution in [0, 0.1) is 17.8 Å². The van der Waals surface area contributed by atoms with Gasteiger partial charge in [0, 0.05) is 50.9 Å². The van der Waals surface area contributed by atoms with Gasteiger partial charge in [0.2, 0.25) is 5.91 Å². The summed E-state index contributed by atoms with van der Waals surface area (Å²) in [4.78, 5) is 65.1. The summed E-state index contributed by atoms with van der Waals surface area (Å²) in [6.45, 7) is 6.83. The molecule has 12 heteroatoms. The minimum absolute atomic E-state index is 0.0793. The molecule has 0 bridgehead atoms. The number of carboxylic acid groups (broad SMARTS) is 1. The smallest absolute Gasteiger partial charge is 0.409 e. The number of anilines is 1. The molecule has 42 heavy (non-hydrogen) atoms. The van der Waals surface area contributed by atoms with Gasteiger partial charge < -0.3 is 29.9 Å². The third-order valence-electron chi connectivity index (χ3n) is 8.37. The van der Waals surface area contributed by atoms with Crippen LogP contribution >= 0.6 is 0 Å². The second-order valence-corrected chi connectivity index (χ2v) is 11.1. The zero-order valence-electron chi connectivity index (χ0n) is 24.1. The van der Waals surface area contributed by atoms with Gasteiger partial charge in [-0.15, -0.1) is 0 Å². The molecule has 3 heterocycles. The van der Waals surface area contributed by atoms with Gasteiger partial charge in [-0.25, -0.2) is 14.8 Å². The van der Waals surface area contributed by atoms with Crippen molar-refractivity contribution in [2.45, 2.75) is 39.2 Å². The Hall–Kier alpha value is -4.22. The second-order valence-electron chi connectivity index (χ2n) is 11.1. The molecular weight excluding hydrogens is 540 g/mol. The number of nitrogens with one attached hydrogen (secondary N) is 1. The van der Waals surface area contributed by atoms with Gasteiger partial charge in [0.1, 0.15) is 17.6 Å². The molecule has 0 radical (unpaired) electrons. The number of piperazine rings is 1. The minimum atomic E-state index is -0.763. The predicted molar refractivity (Wildman–Crippen MR) is 154 cm³/mol. The molecule has 0 spiro atoms. The Morgan fingerprint density at radius 1 is 1.00 bits per heavy atom. The van der Waals surface area contributed by atoms with Crippen molar-refractivity contribution in [1.82, 2.24) is 25.1 Å². The van der Waals surface area contributed by atoms with Gasteiger partial charge in [0.15, 0.2) is 5.82 Å². The quantitative estimate of drug-likeness (QED) is 0.406. The maximum absolute atomic E-state index is 13.5. The number of ether oxygens (including phenoxy) is 1. The number of carbonyl (C=O) groups excluding carboxylic acids is 3. The molecular formula is C30H38N6O6. The van der Waals surface area contributed by atoms with Crippen LogP contribution in [-0.2, 0) is 14.3 Å². The number of aliphatic carboxylic acids is 1. The van der Waals surface area contributed by atoms with E-state index >= 15 is 0 Å². The standard InChI is InChI=1S/C30H38N6O6/c1-3-5-15-42-30(41)35-13-11-34(12-14-35)28(38)22(4-2)32-27(37)23-16-24(33-26(31-23)19-9-7-6-8-10-19)36-17-20-21(18-36)25(20)29(39)40/h6-10,16,20-22,25H,3-5,11-15,17-18H2,1-2H3,(H,32,37)(H,39,40)/t20-,21?,22-,25-/m1/s1. The highest BCUT2D eigenvalue weighted by Gasteiger charge is 2.60. The number of nitrogens with zero attached hydrogens (tertiary/aromatic N) is 5. The van der Waals surface area contributed by atoms with Crippen LogP contribution in [0.2, 0.25) is 0 Å². The minimum Gasteiger partial charge on any atom is -0.481 e. The van der Waals surface area contributed by atoms with E-state index in [9.17, 15) is 24.3 Å². The van der Waals surface area contributed by atoms with Crippen molar-refractivity contribution in [3.8, 4) is 11.4 Å². The summed E-state index contributed by atoms with van der Waals surface area (Å²) in [5.41, 5.74) is 0.885. The Morgan fingerprint density at radius 3 is 2.29 bits per heavy atom. The molecule has 4 atom stereocenters. The van der Waals surface area contributed by atoms with Crippen LogP contribution in [0.5, 0.6) is 0 Å². The average molecular weight is 579 g/mol. The van der Waals surface area contributed by atoms with Crippen LogP contribution < -0.4 is 10.2 Å². The van der Waals surface area contributed by atoms with Gasteiger partial charge in [-0.3, -0.25) is 14.4 Å². The molecule has 3 aliphatic rings. The van der Waals surface area contributed by atoms with E-state index in [1.165, 1.54) is 0 Å². The maximum atomic E-state index is 13.5. The predicted octanol–water partition coefficient (Wildman–Crippen LogP) is 2.50. The normalized spacial score (nSPS) is 21.9. The fourth-order valence-electron chi connectivity index (χ4n) is 5.80. The van der Waals surface area contributed by atoms with Crippen LogP contribution in [0.4, 0.5) is 10.6 Å². The highest BCUT2D eigenvalue weighted by Crippen LogP contribution is 2.52. The van der Waals surface area contributed by atoms with E-state index in [1.54, 1.807) is 15.9 Å². The van der Waals surface area contributed by atoms with Crippen LogP contribution in [-0.4, -0.2) is 101 Å². The van der Waals surface area contributed by atoms with Gasteiger partial charge in [-0.05, 0) is 24.7 Å². The number of piperidine rings is 1. The van der Waals surface area contributed by atoms with Gasteiger partial charge in [-0.1, -0.05) is 50.6 Å². The van der Waals surface area contributed by atoms with Gasteiger partial charge in [0.25, 0.3) is 5.91 Å². The monoisotopic (exact) mass is 578 g/mol. The highest BCUT2D eigenvalue weighted by atomic mass is 16.6. The SMILES string of the molecule is CCCCOC(=O)N1CCN(C(=O)[C@@H](CC)NC(=O)c2cc(N3CC4[C@@H](C3)[C@H]4C(=O)O)nc(-c3ccccc3)n2)CC1. The van der Waals surface area contributed by atoms with Crippen molar-refractivity contribution in [2.24, 2.45) is 17.8 Å². The first kappa shape index (κ1) is 29.3. The number of hydrogen-bond donors (Lipinski definition) is 2. The number of carbonyl (C=O) groups is 4. The van der Waals surface area contributed by atoms with Crippen molar-refractivity contribution in [3.63, 3.8) is 0 Å². The first-order valence-electron chi connectivity index (χ1n) is 14.7. The topological polar surface area (TPSA) is 145 Å². The number of unbranched alkanes of at least 4 members (excludes halogenated alkanes) is 1. The summed E-state index contributed by atoms with van der Waals surface area (Å²) < 4.78 is 5.28. The summed E-state index contributed by atoms with van der Waals surface area (Å²) >= 11 is 0. The number of hydrogen-bond acceptors (Lipinski definition) is 8. The van der Waals surface area contributed by atoms with E-state index in [-0.39, 0.29) is 35.4 Å². The lowest BCUT2D eigenvalue weighted by atomic mass is 10.1. The summed E-state index contributed by atoms with van der Waals surface area (Å²) in [6.07, 6.45) is 1.78. The molecule has 5 rings (SSSR count). The summed E-state index contributed by atoms with van der Waals surface area (Å²) in [5, 5.41) is 12.3. The largest absolute Gasteiger partial charge is 0.481 e. The molecule has 2 aromatic rings. The number of fused-ring (bicyclic) bond motifs is 1. The number of benzene rings is 1. The lowest BCUT2D eigenvalue weighted by Gasteiger charge is -2.35. The van der Waals surface area contributed by atoms with Crippen LogP contribution in [0.15, 0.2) is 36.4 Å². The molecule has 3 fully saturated rings. The number of rotatable bonds is 10. The molecule has 1 aromatic heterocycles. The zero-order chi connectivity index (χ0) is 29.8. The van der Waals surface area contributed by atoms with E-state index in [0.29, 0.717) is 63.9 Å².